The first-order chi connectivity index (χ1) is 15.6. The van der Waals surface area contributed by atoms with Crippen molar-refractivity contribution in [1.29, 1.82) is 5.26 Å². The monoisotopic (exact) mass is 440 g/mol. The number of nitriles is 1. The van der Waals surface area contributed by atoms with Gasteiger partial charge in [-0.05, 0) is 58.2 Å². The van der Waals surface area contributed by atoms with Crippen LogP contribution in [0, 0.1) is 17.1 Å². The highest BCUT2D eigenvalue weighted by Crippen LogP contribution is 2.29. The number of hydrogen-bond donors (Lipinski definition) is 1. The Bertz CT molecular complexity index is 1390. The lowest BCUT2D eigenvalue weighted by Gasteiger charge is -2.12. The molecule has 0 saturated heterocycles. The third-order valence-electron chi connectivity index (χ3n) is 5.18. The maximum absolute atomic E-state index is 14.0. The number of benzene rings is 4. The molecule has 0 saturated carbocycles. The number of carbonyl (C=O) groups is 1. The van der Waals surface area contributed by atoms with Crippen molar-refractivity contribution in [2.45, 2.75) is 6.42 Å². The summed E-state index contributed by atoms with van der Waals surface area (Å²) in [4.78, 5) is 12.8. The highest BCUT2D eigenvalue weighted by atomic mass is 35.5. The van der Waals surface area contributed by atoms with Crippen LogP contribution in [0.2, 0.25) is 5.02 Å². The lowest BCUT2D eigenvalue weighted by atomic mass is 9.93. The fourth-order valence-corrected chi connectivity index (χ4v) is 3.76. The number of nitrogens with zero attached hydrogens (tertiary/aromatic N) is 1. The van der Waals surface area contributed by atoms with Crippen LogP contribution in [0.3, 0.4) is 0 Å². The minimum Gasteiger partial charge on any atom is -0.319 e. The zero-order valence-electron chi connectivity index (χ0n) is 17.0. The quantitative estimate of drug-likeness (QED) is 0.275. The molecule has 4 aromatic carbocycles. The van der Waals surface area contributed by atoms with Gasteiger partial charge in [0, 0.05) is 5.02 Å². The maximum Gasteiger partial charge on any atom is 0.266 e. The van der Waals surface area contributed by atoms with E-state index in [0.29, 0.717) is 11.4 Å². The third-order valence-corrected chi connectivity index (χ3v) is 5.54. The zero-order valence-corrected chi connectivity index (χ0v) is 17.7. The Labute approximate surface area is 190 Å². The number of rotatable bonds is 5. The van der Waals surface area contributed by atoms with Crippen molar-refractivity contribution >= 4 is 40.0 Å². The van der Waals surface area contributed by atoms with Gasteiger partial charge in [-0.3, -0.25) is 4.79 Å². The smallest absolute Gasteiger partial charge is 0.266 e. The molecule has 0 aliphatic heterocycles. The fourth-order valence-electron chi connectivity index (χ4n) is 3.56. The van der Waals surface area contributed by atoms with Gasteiger partial charge in [-0.15, -0.1) is 0 Å². The molecule has 0 bridgehead atoms. The van der Waals surface area contributed by atoms with Crippen LogP contribution < -0.4 is 5.32 Å². The summed E-state index contributed by atoms with van der Waals surface area (Å²) in [6, 6.07) is 27.1. The van der Waals surface area contributed by atoms with Crippen molar-refractivity contribution in [2.24, 2.45) is 0 Å². The Morgan fingerprint density at radius 2 is 1.66 bits per heavy atom. The molecule has 0 fully saturated rings. The van der Waals surface area contributed by atoms with E-state index in [1.807, 2.05) is 66.7 Å². The minimum absolute atomic E-state index is 0.0212. The van der Waals surface area contributed by atoms with Crippen LogP contribution in [-0.4, -0.2) is 5.91 Å². The second kappa shape index (κ2) is 9.47. The van der Waals surface area contributed by atoms with Crippen LogP contribution in [0.25, 0.3) is 16.8 Å². The van der Waals surface area contributed by atoms with Gasteiger partial charge >= 0.3 is 0 Å². The molecule has 0 heterocycles. The van der Waals surface area contributed by atoms with Gasteiger partial charge in [-0.25, -0.2) is 4.39 Å². The summed E-state index contributed by atoms with van der Waals surface area (Å²) in [7, 11) is 0. The first kappa shape index (κ1) is 21.3. The molecule has 1 amide bonds. The van der Waals surface area contributed by atoms with Crippen LogP contribution >= 0.6 is 11.6 Å². The van der Waals surface area contributed by atoms with Gasteiger partial charge in [0.15, 0.2) is 0 Å². The SMILES string of the molecule is N#C/C(=C\c1c(Cc2ccccc2Cl)ccc2ccccc12)C(=O)Nc1ccccc1F. The molecule has 0 aliphatic rings. The lowest BCUT2D eigenvalue weighted by Crippen LogP contribution is -2.14. The topological polar surface area (TPSA) is 52.9 Å². The molecule has 4 rings (SSSR count). The highest BCUT2D eigenvalue weighted by molar-refractivity contribution is 6.31. The third kappa shape index (κ3) is 4.54. The Morgan fingerprint density at radius 3 is 2.44 bits per heavy atom. The van der Waals surface area contributed by atoms with Crippen LogP contribution in [0.4, 0.5) is 10.1 Å². The van der Waals surface area contributed by atoms with E-state index in [2.05, 4.69) is 5.32 Å². The van der Waals surface area contributed by atoms with Gasteiger partial charge in [-0.1, -0.05) is 78.3 Å². The zero-order chi connectivity index (χ0) is 22.5. The normalized spacial score (nSPS) is 11.2. The maximum atomic E-state index is 14.0. The first-order valence-electron chi connectivity index (χ1n) is 9.98. The molecule has 0 aromatic heterocycles. The molecule has 0 unspecified atom stereocenters. The van der Waals surface area contributed by atoms with Gasteiger partial charge < -0.3 is 5.32 Å². The number of amides is 1. The number of carbonyl (C=O) groups excluding carboxylic acids is 1. The van der Waals surface area contributed by atoms with Crippen molar-refractivity contribution in [3.8, 4) is 6.07 Å². The molecule has 0 radical (unpaired) electrons. The molecule has 1 N–H and O–H groups in total. The summed E-state index contributed by atoms with van der Waals surface area (Å²) in [5.74, 6) is -1.24. The van der Waals surface area contributed by atoms with Gasteiger partial charge in [0.05, 0.1) is 5.69 Å². The molecule has 0 atom stereocenters. The van der Waals surface area contributed by atoms with Crippen molar-refractivity contribution < 1.29 is 9.18 Å². The Kier molecular flexibility index (Phi) is 6.30. The molecule has 0 aliphatic carbocycles. The van der Waals surface area contributed by atoms with Crippen LogP contribution in [0.1, 0.15) is 16.7 Å². The van der Waals surface area contributed by atoms with Crippen molar-refractivity contribution in [3.05, 3.63) is 118 Å². The van der Waals surface area contributed by atoms with Crippen molar-refractivity contribution in [1.82, 2.24) is 0 Å². The van der Waals surface area contributed by atoms with Crippen LogP contribution in [0.15, 0.2) is 90.5 Å². The summed E-state index contributed by atoms with van der Waals surface area (Å²) in [6.07, 6.45) is 2.09. The van der Waals surface area contributed by atoms with Gasteiger partial charge in [0.2, 0.25) is 0 Å². The van der Waals surface area contributed by atoms with Gasteiger partial charge in [-0.2, -0.15) is 5.26 Å². The summed E-state index contributed by atoms with van der Waals surface area (Å²) in [6.45, 7) is 0. The van der Waals surface area contributed by atoms with E-state index in [4.69, 9.17) is 11.6 Å². The van der Waals surface area contributed by atoms with Crippen molar-refractivity contribution in [2.75, 3.05) is 5.32 Å². The molecule has 0 spiro atoms. The fraction of sp³-hybridized carbons (Fsp3) is 0.0370. The second-order valence-corrected chi connectivity index (χ2v) is 7.64. The van der Waals surface area contributed by atoms with E-state index in [1.165, 1.54) is 18.2 Å². The molecule has 3 nitrogen and oxygen atoms in total. The van der Waals surface area contributed by atoms with Crippen molar-refractivity contribution in [3.63, 3.8) is 0 Å². The molecule has 5 heteroatoms. The predicted molar refractivity (Wildman–Crippen MR) is 127 cm³/mol. The van der Waals surface area contributed by atoms with Crippen LogP contribution in [-0.2, 0) is 11.2 Å². The van der Waals surface area contributed by atoms with E-state index in [0.717, 1.165) is 27.5 Å². The largest absolute Gasteiger partial charge is 0.319 e. The number of anilines is 1. The van der Waals surface area contributed by atoms with Gasteiger partial charge in [0.1, 0.15) is 17.5 Å². The summed E-state index contributed by atoms with van der Waals surface area (Å²) in [5, 5.41) is 14.7. The average molecular weight is 441 g/mol. The highest BCUT2D eigenvalue weighted by Gasteiger charge is 2.15. The summed E-state index contributed by atoms with van der Waals surface area (Å²) >= 11 is 6.37. The van der Waals surface area contributed by atoms with E-state index in [9.17, 15) is 14.4 Å². The second-order valence-electron chi connectivity index (χ2n) is 7.23. The van der Waals surface area contributed by atoms with Crippen LogP contribution in [0.5, 0.6) is 0 Å². The number of nitrogens with one attached hydrogen (secondary N) is 1. The van der Waals surface area contributed by atoms with E-state index < -0.39 is 11.7 Å². The minimum atomic E-state index is -0.672. The number of para-hydroxylation sites is 1. The molecule has 4 aromatic rings. The first-order valence-corrected chi connectivity index (χ1v) is 10.4. The average Bonchev–Trinajstić information content (AvgIpc) is 2.81. The van der Waals surface area contributed by atoms with E-state index in [1.54, 1.807) is 12.1 Å². The molecule has 32 heavy (non-hydrogen) atoms. The number of fused-ring (bicyclic) bond motifs is 1. The van der Waals surface area contributed by atoms with E-state index in [-0.39, 0.29) is 11.3 Å². The Morgan fingerprint density at radius 1 is 0.938 bits per heavy atom. The summed E-state index contributed by atoms with van der Waals surface area (Å²) < 4.78 is 14.0. The predicted octanol–water partition coefficient (Wildman–Crippen LogP) is 6.77. The lowest BCUT2D eigenvalue weighted by molar-refractivity contribution is -0.112. The Balaban J connectivity index is 1.79. The Hall–Kier alpha value is -3.94. The number of halogens is 2. The molecule has 156 valence electrons. The van der Waals surface area contributed by atoms with E-state index >= 15 is 0 Å². The molecular weight excluding hydrogens is 423 g/mol. The molecular formula is C27H18ClFN2O. The summed E-state index contributed by atoms with van der Waals surface area (Å²) in [5.41, 5.74) is 2.51. The standard InChI is InChI=1S/C27H18ClFN2O/c28-24-10-4-2-8-20(24)15-19-14-13-18-7-1-3-9-22(18)23(19)16-21(17-30)27(32)31-26-12-6-5-11-25(26)29/h1-14,16H,15H2,(H,31,32)/b21-16+. The number of hydrogen-bond acceptors (Lipinski definition) is 2. The van der Waals surface area contributed by atoms with Gasteiger partial charge in [0.25, 0.3) is 5.91 Å².